The number of amides is 1. The van der Waals surface area contributed by atoms with Crippen LogP contribution in [0.4, 0.5) is 0 Å². The highest BCUT2D eigenvalue weighted by atomic mass is 16.5. The lowest BCUT2D eigenvalue weighted by Gasteiger charge is -2.29. The molecule has 1 aliphatic rings. The van der Waals surface area contributed by atoms with Crippen molar-refractivity contribution < 1.29 is 14.4 Å². The predicted octanol–water partition coefficient (Wildman–Crippen LogP) is 3.59. The second-order valence-electron chi connectivity index (χ2n) is 6.56. The molecule has 2 aromatic carbocycles. The van der Waals surface area contributed by atoms with Gasteiger partial charge in [-0.25, -0.2) is 0 Å². The number of rotatable bonds is 3. The fourth-order valence-electron chi connectivity index (χ4n) is 3.41. The van der Waals surface area contributed by atoms with Crippen molar-refractivity contribution in [1.29, 1.82) is 0 Å². The highest BCUT2D eigenvalue weighted by Crippen LogP contribution is 2.31. The summed E-state index contributed by atoms with van der Waals surface area (Å²) in [6.07, 6.45) is -0.0892. The van der Waals surface area contributed by atoms with Gasteiger partial charge in [0, 0.05) is 18.7 Å². The molecule has 0 saturated carbocycles. The highest BCUT2D eigenvalue weighted by molar-refractivity contribution is 6.01. The van der Waals surface area contributed by atoms with Crippen LogP contribution in [0.2, 0.25) is 0 Å². The maximum absolute atomic E-state index is 13.3. The van der Waals surface area contributed by atoms with Crippen LogP contribution >= 0.6 is 0 Å². The number of fused-ring (bicyclic) bond motifs is 1. The van der Waals surface area contributed by atoms with Crippen molar-refractivity contribution >= 4 is 5.91 Å². The van der Waals surface area contributed by atoms with E-state index in [4.69, 9.17) is 4.52 Å². The Hall–Kier alpha value is -2.92. The monoisotopic (exact) mass is 348 g/mol. The van der Waals surface area contributed by atoms with Crippen LogP contribution in [0, 0.1) is 0 Å². The van der Waals surface area contributed by atoms with E-state index in [0.29, 0.717) is 24.3 Å². The number of aliphatic hydroxyl groups excluding tert-OH is 1. The summed E-state index contributed by atoms with van der Waals surface area (Å²) in [5.74, 6) is 0.0585. The van der Waals surface area contributed by atoms with E-state index in [2.05, 4.69) is 17.3 Å². The molecule has 0 aliphatic carbocycles. The lowest BCUT2D eigenvalue weighted by atomic mass is 9.98. The van der Waals surface area contributed by atoms with E-state index in [1.165, 1.54) is 5.56 Å². The molecule has 1 aromatic heterocycles. The van der Waals surface area contributed by atoms with Crippen LogP contribution in [0.5, 0.6) is 0 Å². The van der Waals surface area contributed by atoms with Gasteiger partial charge in [-0.2, -0.15) is 0 Å². The van der Waals surface area contributed by atoms with Gasteiger partial charge in [0.1, 0.15) is 17.4 Å². The Labute approximate surface area is 151 Å². The van der Waals surface area contributed by atoms with E-state index in [9.17, 15) is 9.90 Å². The van der Waals surface area contributed by atoms with Gasteiger partial charge in [0.15, 0.2) is 5.76 Å². The largest absolute Gasteiger partial charge is 0.385 e. The van der Waals surface area contributed by atoms with Crippen molar-refractivity contribution in [3.05, 3.63) is 77.0 Å². The van der Waals surface area contributed by atoms with E-state index >= 15 is 0 Å². The number of hydrogen-bond acceptors (Lipinski definition) is 4. The molecule has 1 aliphatic heterocycles. The Morgan fingerprint density at radius 1 is 1.12 bits per heavy atom. The van der Waals surface area contributed by atoms with Crippen LogP contribution in [-0.4, -0.2) is 27.6 Å². The molecule has 5 heteroatoms. The zero-order valence-corrected chi connectivity index (χ0v) is 14.6. The van der Waals surface area contributed by atoms with Gasteiger partial charge >= 0.3 is 0 Å². The van der Waals surface area contributed by atoms with Crippen molar-refractivity contribution in [1.82, 2.24) is 10.1 Å². The molecule has 2 heterocycles. The van der Waals surface area contributed by atoms with Crippen LogP contribution in [0.25, 0.3) is 11.3 Å². The summed E-state index contributed by atoms with van der Waals surface area (Å²) in [5, 5.41) is 14.2. The lowest BCUT2D eigenvalue weighted by Crippen LogP contribution is -2.36. The first-order valence-corrected chi connectivity index (χ1v) is 8.74. The standard InChI is InChI=1S/C21H20N2O3/c1-14(24)20-18(19(22-26-20)16-8-3-2-4-9-16)21(25)23-12-11-15-7-5-6-10-17(15)13-23/h2-10,14,24H,11-13H2,1H3. The van der Waals surface area contributed by atoms with E-state index in [0.717, 1.165) is 17.5 Å². The van der Waals surface area contributed by atoms with Gasteiger partial charge in [-0.3, -0.25) is 4.79 Å². The topological polar surface area (TPSA) is 66.6 Å². The van der Waals surface area contributed by atoms with Gasteiger partial charge in [-0.05, 0) is 24.5 Å². The summed E-state index contributed by atoms with van der Waals surface area (Å²) in [6, 6.07) is 17.6. The molecule has 4 rings (SSSR count). The minimum atomic E-state index is -0.906. The Morgan fingerprint density at radius 2 is 1.81 bits per heavy atom. The maximum Gasteiger partial charge on any atom is 0.260 e. The molecule has 0 bridgehead atoms. The Bertz CT molecular complexity index is 931. The summed E-state index contributed by atoms with van der Waals surface area (Å²) in [6.45, 7) is 2.76. The second-order valence-corrected chi connectivity index (χ2v) is 6.56. The molecule has 1 unspecified atom stereocenters. The first-order chi connectivity index (χ1) is 12.6. The van der Waals surface area contributed by atoms with Crippen LogP contribution < -0.4 is 0 Å². The van der Waals surface area contributed by atoms with Crippen LogP contribution in [0.1, 0.15) is 40.3 Å². The first-order valence-electron chi connectivity index (χ1n) is 8.74. The number of carbonyl (C=O) groups is 1. The molecular weight excluding hydrogens is 328 g/mol. The first kappa shape index (κ1) is 16.5. The molecule has 132 valence electrons. The minimum Gasteiger partial charge on any atom is -0.385 e. The molecule has 26 heavy (non-hydrogen) atoms. The fraction of sp³-hybridized carbons (Fsp3) is 0.238. The van der Waals surface area contributed by atoms with E-state index < -0.39 is 6.10 Å². The van der Waals surface area contributed by atoms with E-state index in [1.54, 1.807) is 11.8 Å². The average Bonchev–Trinajstić information content (AvgIpc) is 3.13. The van der Waals surface area contributed by atoms with Crippen molar-refractivity contribution in [3.8, 4) is 11.3 Å². The lowest BCUT2D eigenvalue weighted by molar-refractivity contribution is 0.0723. The fourth-order valence-corrected chi connectivity index (χ4v) is 3.41. The smallest absolute Gasteiger partial charge is 0.260 e. The minimum absolute atomic E-state index is 0.157. The molecule has 3 aromatic rings. The Morgan fingerprint density at radius 3 is 2.54 bits per heavy atom. The number of hydrogen-bond donors (Lipinski definition) is 1. The molecule has 1 amide bonds. The predicted molar refractivity (Wildman–Crippen MR) is 97.5 cm³/mol. The Balaban J connectivity index is 1.73. The number of carbonyl (C=O) groups excluding carboxylic acids is 1. The quantitative estimate of drug-likeness (QED) is 0.785. The second kappa shape index (κ2) is 6.77. The molecule has 0 spiro atoms. The number of benzene rings is 2. The molecule has 5 nitrogen and oxygen atoms in total. The van der Waals surface area contributed by atoms with Gasteiger partial charge in [0.05, 0.1) is 0 Å². The molecule has 0 saturated heterocycles. The zero-order valence-electron chi connectivity index (χ0n) is 14.6. The van der Waals surface area contributed by atoms with Crippen LogP contribution in [-0.2, 0) is 13.0 Å². The van der Waals surface area contributed by atoms with E-state index in [-0.39, 0.29) is 11.7 Å². The SMILES string of the molecule is CC(O)c1onc(-c2ccccc2)c1C(=O)N1CCc2ccccc2C1. The number of aliphatic hydroxyl groups is 1. The van der Waals surface area contributed by atoms with Crippen molar-refractivity contribution in [2.45, 2.75) is 26.0 Å². The molecular formula is C21H20N2O3. The summed E-state index contributed by atoms with van der Waals surface area (Å²) >= 11 is 0. The third-order valence-corrected chi connectivity index (χ3v) is 4.78. The van der Waals surface area contributed by atoms with Crippen molar-refractivity contribution in [2.75, 3.05) is 6.54 Å². The van der Waals surface area contributed by atoms with Crippen LogP contribution in [0.15, 0.2) is 59.1 Å². The van der Waals surface area contributed by atoms with E-state index in [1.807, 2.05) is 42.5 Å². The summed E-state index contributed by atoms with van der Waals surface area (Å²) < 4.78 is 5.35. The Kier molecular flexibility index (Phi) is 4.31. The number of nitrogens with zero attached hydrogens (tertiary/aromatic N) is 2. The molecule has 0 fully saturated rings. The third-order valence-electron chi connectivity index (χ3n) is 4.78. The van der Waals surface area contributed by atoms with Gasteiger partial charge in [0.25, 0.3) is 5.91 Å². The summed E-state index contributed by atoms with van der Waals surface area (Å²) in [4.78, 5) is 15.1. The normalized spacial score (nSPS) is 14.8. The van der Waals surface area contributed by atoms with Crippen LogP contribution in [0.3, 0.4) is 0 Å². The van der Waals surface area contributed by atoms with Gasteiger partial charge in [-0.15, -0.1) is 0 Å². The molecule has 0 radical (unpaired) electrons. The van der Waals surface area contributed by atoms with Crippen molar-refractivity contribution in [2.24, 2.45) is 0 Å². The van der Waals surface area contributed by atoms with Gasteiger partial charge < -0.3 is 14.5 Å². The summed E-state index contributed by atoms with van der Waals surface area (Å²) in [5.41, 5.74) is 4.06. The zero-order chi connectivity index (χ0) is 18.1. The third kappa shape index (κ3) is 2.91. The summed E-state index contributed by atoms with van der Waals surface area (Å²) in [7, 11) is 0. The van der Waals surface area contributed by atoms with Crippen molar-refractivity contribution in [3.63, 3.8) is 0 Å². The van der Waals surface area contributed by atoms with Gasteiger partial charge in [-0.1, -0.05) is 59.8 Å². The molecule has 1 N–H and O–H groups in total. The average molecular weight is 348 g/mol. The number of aromatic nitrogens is 1. The molecule has 1 atom stereocenters. The maximum atomic E-state index is 13.3. The van der Waals surface area contributed by atoms with Gasteiger partial charge in [0.2, 0.25) is 0 Å². The highest BCUT2D eigenvalue weighted by Gasteiger charge is 2.31.